The van der Waals surface area contributed by atoms with Crippen LogP contribution in [-0.2, 0) is 5.41 Å². The summed E-state index contributed by atoms with van der Waals surface area (Å²) < 4.78 is 5.32. The Morgan fingerprint density at radius 2 is 2.18 bits per heavy atom. The average molecular weight is 233 g/mol. The van der Waals surface area contributed by atoms with Crippen LogP contribution in [-0.4, -0.2) is 20.2 Å². The molecule has 0 bridgehead atoms. The summed E-state index contributed by atoms with van der Waals surface area (Å²) in [6.07, 6.45) is 2.61. The summed E-state index contributed by atoms with van der Waals surface area (Å²) >= 11 is 0. The number of hydrogen-bond acceptors (Lipinski definition) is 2. The number of methoxy groups -OCH3 is 1. The van der Waals surface area contributed by atoms with Gasteiger partial charge in [-0.1, -0.05) is 26.0 Å². The van der Waals surface area contributed by atoms with Crippen LogP contribution in [0.3, 0.4) is 0 Å². The minimum atomic E-state index is 0.210. The first-order valence-corrected chi connectivity index (χ1v) is 6.50. The Kier molecular flexibility index (Phi) is 3.72. The molecule has 2 nitrogen and oxygen atoms in total. The molecular formula is C15H23NO. The van der Waals surface area contributed by atoms with Crippen LogP contribution in [0.15, 0.2) is 24.3 Å². The molecule has 2 rings (SSSR count). The second-order valence-corrected chi connectivity index (χ2v) is 5.50. The zero-order valence-electron chi connectivity index (χ0n) is 11.1. The maximum absolute atomic E-state index is 5.32. The Hall–Kier alpha value is -1.02. The minimum absolute atomic E-state index is 0.210. The van der Waals surface area contributed by atoms with E-state index in [4.69, 9.17) is 4.74 Å². The Labute approximate surface area is 104 Å². The molecule has 1 aliphatic rings. The van der Waals surface area contributed by atoms with Gasteiger partial charge in [0.25, 0.3) is 0 Å². The van der Waals surface area contributed by atoms with Crippen LogP contribution in [0.4, 0.5) is 0 Å². The predicted molar refractivity (Wildman–Crippen MR) is 71.6 cm³/mol. The largest absolute Gasteiger partial charge is 0.497 e. The van der Waals surface area contributed by atoms with Crippen LogP contribution in [0, 0.1) is 5.92 Å². The van der Waals surface area contributed by atoms with Crippen LogP contribution < -0.4 is 10.1 Å². The summed E-state index contributed by atoms with van der Waals surface area (Å²) in [5.74, 6) is 1.67. The van der Waals surface area contributed by atoms with Crippen LogP contribution in [0.25, 0.3) is 0 Å². The average Bonchev–Trinajstić information content (AvgIpc) is 2.40. The Bertz CT molecular complexity index is 367. The van der Waals surface area contributed by atoms with Crippen LogP contribution >= 0.6 is 0 Å². The van der Waals surface area contributed by atoms with E-state index in [1.807, 2.05) is 6.07 Å². The van der Waals surface area contributed by atoms with Gasteiger partial charge in [-0.25, -0.2) is 0 Å². The molecule has 2 heteroatoms. The first-order valence-electron chi connectivity index (χ1n) is 6.50. The fraction of sp³-hybridized carbons (Fsp3) is 0.600. The molecule has 0 aliphatic carbocycles. The minimum Gasteiger partial charge on any atom is -0.497 e. The Balaban J connectivity index is 2.22. The van der Waals surface area contributed by atoms with Crippen molar-refractivity contribution in [2.75, 3.05) is 20.2 Å². The van der Waals surface area contributed by atoms with Crippen molar-refractivity contribution in [1.29, 1.82) is 0 Å². The Morgan fingerprint density at radius 3 is 2.82 bits per heavy atom. The monoisotopic (exact) mass is 233 g/mol. The van der Waals surface area contributed by atoms with Gasteiger partial charge in [0.1, 0.15) is 5.75 Å². The van der Waals surface area contributed by atoms with Gasteiger partial charge in [0.15, 0.2) is 0 Å². The zero-order valence-corrected chi connectivity index (χ0v) is 11.1. The van der Waals surface area contributed by atoms with E-state index in [2.05, 4.69) is 37.4 Å². The fourth-order valence-corrected chi connectivity index (χ4v) is 2.73. The molecule has 0 radical (unpaired) electrons. The molecule has 1 unspecified atom stereocenters. The van der Waals surface area contributed by atoms with Gasteiger partial charge >= 0.3 is 0 Å². The molecule has 1 aromatic rings. The second kappa shape index (κ2) is 5.09. The molecule has 1 N–H and O–H groups in total. The van der Waals surface area contributed by atoms with Gasteiger partial charge in [-0.2, -0.15) is 0 Å². The molecule has 94 valence electrons. The quantitative estimate of drug-likeness (QED) is 0.866. The van der Waals surface area contributed by atoms with E-state index >= 15 is 0 Å². The van der Waals surface area contributed by atoms with Crippen molar-refractivity contribution in [2.45, 2.75) is 32.1 Å². The maximum atomic E-state index is 5.32. The lowest BCUT2D eigenvalue weighted by atomic mass is 9.70. The van der Waals surface area contributed by atoms with E-state index in [-0.39, 0.29) is 5.41 Å². The van der Waals surface area contributed by atoms with E-state index in [1.54, 1.807) is 7.11 Å². The summed E-state index contributed by atoms with van der Waals surface area (Å²) in [5, 5.41) is 3.51. The van der Waals surface area contributed by atoms with Gasteiger partial charge < -0.3 is 10.1 Å². The third-order valence-electron chi connectivity index (χ3n) is 4.13. The molecule has 17 heavy (non-hydrogen) atoms. The number of nitrogens with one attached hydrogen (secondary N) is 1. The van der Waals surface area contributed by atoms with Crippen LogP contribution in [0.5, 0.6) is 5.75 Å². The summed E-state index contributed by atoms with van der Waals surface area (Å²) in [6.45, 7) is 6.99. The van der Waals surface area contributed by atoms with Crippen LogP contribution in [0.1, 0.15) is 32.3 Å². The fourth-order valence-electron chi connectivity index (χ4n) is 2.73. The van der Waals surface area contributed by atoms with Crippen molar-refractivity contribution >= 4 is 0 Å². The van der Waals surface area contributed by atoms with Crippen molar-refractivity contribution in [1.82, 2.24) is 5.32 Å². The smallest absolute Gasteiger partial charge is 0.119 e. The Morgan fingerprint density at radius 1 is 1.35 bits per heavy atom. The molecule has 1 aromatic carbocycles. The van der Waals surface area contributed by atoms with Crippen LogP contribution in [0.2, 0.25) is 0 Å². The van der Waals surface area contributed by atoms with Crippen molar-refractivity contribution in [2.24, 2.45) is 5.92 Å². The lowest BCUT2D eigenvalue weighted by Gasteiger charge is -2.38. The van der Waals surface area contributed by atoms with E-state index in [9.17, 15) is 0 Å². The standard InChI is InChI=1S/C15H23NO/c1-15(2,13-7-5-9-16-11-13)12-6-4-8-14(10-12)17-3/h4,6,8,10,13,16H,5,7,9,11H2,1-3H3. The normalized spacial score (nSPS) is 21.2. The number of ether oxygens (including phenoxy) is 1. The molecule has 0 aromatic heterocycles. The summed E-state index contributed by atoms with van der Waals surface area (Å²) in [7, 11) is 1.73. The number of hydrogen-bond donors (Lipinski definition) is 1. The highest BCUT2D eigenvalue weighted by atomic mass is 16.5. The van der Waals surface area contributed by atoms with Crippen molar-refractivity contribution in [3.63, 3.8) is 0 Å². The lowest BCUT2D eigenvalue weighted by Crippen LogP contribution is -2.40. The highest BCUT2D eigenvalue weighted by Gasteiger charge is 2.32. The SMILES string of the molecule is COc1cccc(C(C)(C)C2CCCNC2)c1. The van der Waals surface area contributed by atoms with Crippen molar-refractivity contribution < 1.29 is 4.74 Å². The zero-order chi connectivity index (χ0) is 12.3. The van der Waals surface area contributed by atoms with Crippen molar-refractivity contribution in [3.8, 4) is 5.75 Å². The summed E-state index contributed by atoms with van der Waals surface area (Å²) in [6, 6.07) is 8.50. The maximum Gasteiger partial charge on any atom is 0.119 e. The molecular weight excluding hydrogens is 210 g/mol. The highest BCUT2D eigenvalue weighted by molar-refractivity contribution is 5.33. The number of benzene rings is 1. The molecule has 0 saturated carbocycles. The third kappa shape index (κ3) is 2.63. The van der Waals surface area contributed by atoms with E-state index in [1.165, 1.54) is 24.9 Å². The first kappa shape index (κ1) is 12.4. The third-order valence-corrected chi connectivity index (χ3v) is 4.13. The summed E-state index contributed by atoms with van der Waals surface area (Å²) in [4.78, 5) is 0. The van der Waals surface area contributed by atoms with E-state index in [0.717, 1.165) is 12.3 Å². The molecule has 1 heterocycles. The lowest BCUT2D eigenvalue weighted by molar-refractivity contribution is 0.251. The van der Waals surface area contributed by atoms with Gasteiger partial charge in [0, 0.05) is 0 Å². The van der Waals surface area contributed by atoms with Gasteiger partial charge in [0.2, 0.25) is 0 Å². The number of rotatable bonds is 3. The first-order chi connectivity index (χ1) is 8.14. The molecule has 1 saturated heterocycles. The number of piperidine rings is 1. The second-order valence-electron chi connectivity index (χ2n) is 5.50. The highest BCUT2D eigenvalue weighted by Crippen LogP contribution is 2.36. The molecule has 0 amide bonds. The van der Waals surface area contributed by atoms with E-state index < -0.39 is 0 Å². The van der Waals surface area contributed by atoms with Gasteiger partial charge in [-0.15, -0.1) is 0 Å². The van der Waals surface area contributed by atoms with Gasteiger partial charge in [0.05, 0.1) is 7.11 Å². The molecule has 0 spiro atoms. The predicted octanol–water partition coefficient (Wildman–Crippen LogP) is 2.97. The summed E-state index contributed by atoms with van der Waals surface area (Å²) in [5.41, 5.74) is 1.59. The molecule has 1 fully saturated rings. The van der Waals surface area contributed by atoms with Gasteiger partial charge in [-0.3, -0.25) is 0 Å². The van der Waals surface area contributed by atoms with Crippen molar-refractivity contribution in [3.05, 3.63) is 29.8 Å². The topological polar surface area (TPSA) is 21.3 Å². The van der Waals surface area contributed by atoms with E-state index in [0.29, 0.717) is 5.92 Å². The van der Waals surface area contributed by atoms with Gasteiger partial charge in [-0.05, 0) is 55.0 Å². The molecule has 1 aliphatic heterocycles. The molecule has 1 atom stereocenters.